The average Bonchev–Trinajstić information content (AvgIpc) is 3.17. The van der Waals surface area contributed by atoms with Crippen LogP contribution in [0.25, 0.3) is 0 Å². The minimum Gasteiger partial charge on any atom is -0.462 e. The second kappa shape index (κ2) is 36.1. The Bertz CT molecular complexity index is 855. The maximum Gasteiger partial charge on any atom is 0.306 e. The molecule has 1 saturated heterocycles. The first-order valence-electron chi connectivity index (χ1n) is 22.6. The van der Waals surface area contributed by atoms with E-state index in [1.54, 1.807) is 0 Å². The summed E-state index contributed by atoms with van der Waals surface area (Å²) in [4.78, 5) is 25.2. The van der Waals surface area contributed by atoms with E-state index in [2.05, 4.69) is 13.8 Å². The summed E-state index contributed by atoms with van der Waals surface area (Å²) in [5, 5.41) is 40.0. The van der Waals surface area contributed by atoms with Crippen molar-refractivity contribution in [3.63, 3.8) is 0 Å². The van der Waals surface area contributed by atoms with Crippen molar-refractivity contribution in [2.75, 3.05) is 19.8 Å². The van der Waals surface area contributed by atoms with Crippen molar-refractivity contribution in [2.45, 2.75) is 250 Å². The first-order chi connectivity index (χ1) is 26.3. The third-order valence-corrected chi connectivity index (χ3v) is 10.7. The molecule has 4 N–H and O–H groups in total. The first kappa shape index (κ1) is 50.7. The van der Waals surface area contributed by atoms with Crippen molar-refractivity contribution >= 4 is 11.9 Å². The molecule has 10 heteroatoms. The Balaban J connectivity index is 2.26. The standard InChI is InChI=1S/C44H84O10/c1-3-5-7-9-11-13-15-16-17-18-19-20-21-22-23-25-26-28-30-32-39(46)51-35-37(36-52-44-43(50)42(49)41(48)38(34-45)54-44)53-40(47)33-31-29-27-24-14-12-10-8-6-4-2/h37-38,41-45,48-50H,3-36H2,1-2H3/t37-,38-,41+,42?,43?,44-/m0/s1. The monoisotopic (exact) mass is 773 g/mol. The number of hydrogen-bond acceptors (Lipinski definition) is 10. The molecule has 10 nitrogen and oxygen atoms in total. The Labute approximate surface area is 329 Å². The van der Waals surface area contributed by atoms with Gasteiger partial charge < -0.3 is 39.4 Å². The molecule has 6 atom stereocenters. The summed E-state index contributed by atoms with van der Waals surface area (Å²) in [5.74, 6) is -0.794. The van der Waals surface area contributed by atoms with Gasteiger partial charge in [-0.25, -0.2) is 0 Å². The number of unbranched alkanes of at least 4 members (excludes halogenated alkanes) is 27. The highest BCUT2D eigenvalue weighted by Gasteiger charge is 2.44. The molecule has 1 aliphatic rings. The number of aliphatic hydroxyl groups is 4. The topological polar surface area (TPSA) is 152 Å². The van der Waals surface area contributed by atoms with Crippen molar-refractivity contribution < 1.29 is 49.0 Å². The van der Waals surface area contributed by atoms with Crippen molar-refractivity contribution in [1.29, 1.82) is 0 Å². The summed E-state index contributed by atoms with van der Waals surface area (Å²) < 4.78 is 22.1. The van der Waals surface area contributed by atoms with Crippen LogP contribution in [0.1, 0.15) is 213 Å². The molecular formula is C44H84O10. The van der Waals surface area contributed by atoms with E-state index in [9.17, 15) is 30.0 Å². The molecule has 320 valence electrons. The Morgan fingerprint density at radius 3 is 1.26 bits per heavy atom. The number of carbonyl (C=O) groups excluding carboxylic acids is 2. The van der Waals surface area contributed by atoms with E-state index >= 15 is 0 Å². The van der Waals surface area contributed by atoms with Crippen LogP contribution in [0.4, 0.5) is 0 Å². The van der Waals surface area contributed by atoms with E-state index in [0.29, 0.717) is 6.42 Å². The lowest BCUT2D eigenvalue weighted by Gasteiger charge is -2.39. The van der Waals surface area contributed by atoms with Crippen molar-refractivity contribution in [3.8, 4) is 0 Å². The van der Waals surface area contributed by atoms with Gasteiger partial charge in [-0.2, -0.15) is 0 Å². The fourth-order valence-electron chi connectivity index (χ4n) is 7.13. The summed E-state index contributed by atoms with van der Waals surface area (Å²) in [7, 11) is 0. The molecule has 2 unspecified atom stereocenters. The highest BCUT2D eigenvalue weighted by molar-refractivity contribution is 5.70. The lowest BCUT2D eigenvalue weighted by atomic mass is 9.99. The second-order valence-electron chi connectivity index (χ2n) is 15.9. The zero-order chi connectivity index (χ0) is 39.5. The Morgan fingerprint density at radius 2 is 0.870 bits per heavy atom. The van der Waals surface area contributed by atoms with Gasteiger partial charge in [-0.15, -0.1) is 0 Å². The van der Waals surface area contributed by atoms with Crippen LogP contribution in [0.5, 0.6) is 0 Å². The van der Waals surface area contributed by atoms with Crippen molar-refractivity contribution in [3.05, 3.63) is 0 Å². The smallest absolute Gasteiger partial charge is 0.306 e. The molecule has 0 aromatic carbocycles. The zero-order valence-electron chi connectivity index (χ0n) is 34.7. The molecule has 0 aromatic heterocycles. The minimum atomic E-state index is -1.59. The van der Waals surface area contributed by atoms with Gasteiger partial charge in [0.15, 0.2) is 12.4 Å². The van der Waals surface area contributed by atoms with Crippen LogP contribution in [-0.4, -0.2) is 89.0 Å². The molecule has 1 rings (SSSR count). The van der Waals surface area contributed by atoms with Gasteiger partial charge in [-0.3, -0.25) is 9.59 Å². The largest absolute Gasteiger partial charge is 0.462 e. The molecule has 0 saturated carbocycles. The molecule has 1 fully saturated rings. The summed E-state index contributed by atoms with van der Waals surface area (Å²) in [5.41, 5.74) is 0. The number of esters is 2. The molecule has 0 amide bonds. The Morgan fingerprint density at radius 1 is 0.500 bits per heavy atom. The van der Waals surface area contributed by atoms with Crippen LogP contribution >= 0.6 is 0 Å². The average molecular weight is 773 g/mol. The van der Waals surface area contributed by atoms with Gasteiger partial charge in [0.25, 0.3) is 0 Å². The predicted octanol–water partition coefficient (Wildman–Crippen LogP) is 9.39. The lowest BCUT2D eigenvalue weighted by Crippen LogP contribution is -2.59. The normalized spacial score (nSPS) is 20.6. The molecule has 1 aliphatic heterocycles. The molecule has 1 heterocycles. The SMILES string of the molecule is CCCCCCCCCCCCCCCCCCCCCC(=O)OC[C@@H](CO[C@H]1O[C@@H](CO)[C@@H](O)C(O)C1O)OC(=O)CCCCCCCCCCCC. The molecule has 0 aliphatic carbocycles. The summed E-state index contributed by atoms with van der Waals surface area (Å²) in [6.07, 6.45) is 28.3. The minimum absolute atomic E-state index is 0.209. The van der Waals surface area contributed by atoms with Crippen LogP contribution in [0.15, 0.2) is 0 Å². The van der Waals surface area contributed by atoms with Crippen LogP contribution in [-0.2, 0) is 28.5 Å². The van der Waals surface area contributed by atoms with Gasteiger partial charge in [0, 0.05) is 12.8 Å². The molecule has 0 aromatic rings. The van der Waals surface area contributed by atoms with E-state index in [4.69, 9.17) is 18.9 Å². The fourth-order valence-corrected chi connectivity index (χ4v) is 7.13. The maximum absolute atomic E-state index is 12.7. The van der Waals surface area contributed by atoms with Crippen LogP contribution < -0.4 is 0 Å². The third-order valence-electron chi connectivity index (χ3n) is 10.7. The van der Waals surface area contributed by atoms with E-state index in [-0.39, 0.29) is 32.0 Å². The summed E-state index contributed by atoms with van der Waals surface area (Å²) in [6.45, 7) is 3.43. The number of carbonyl (C=O) groups is 2. The highest BCUT2D eigenvalue weighted by atomic mass is 16.7. The second-order valence-corrected chi connectivity index (χ2v) is 15.9. The maximum atomic E-state index is 12.7. The Hall–Kier alpha value is -1.30. The Kier molecular flexibility index (Phi) is 33.9. The van der Waals surface area contributed by atoms with E-state index in [1.807, 2.05) is 0 Å². The summed E-state index contributed by atoms with van der Waals surface area (Å²) >= 11 is 0. The number of rotatable bonds is 38. The molecule has 54 heavy (non-hydrogen) atoms. The van der Waals surface area contributed by atoms with Crippen LogP contribution in [0.3, 0.4) is 0 Å². The van der Waals surface area contributed by atoms with Crippen molar-refractivity contribution in [2.24, 2.45) is 0 Å². The van der Waals surface area contributed by atoms with Gasteiger partial charge in [-0.05, 0) is 12.8 Å². The van der Waals surface area contributed by atoms with Crippen molar-refractivity contribution in [1.82, 2.24) is 0 Å². The van der Waals surface area contributed by atoms with Crippen LogP contribution in [0.2, 0.25) is 0 Å². The van der Waals surface area contributed by atoms with Gasteiger partial charge in [0.1, 0.15) is 31.0 Å². The molecule has 0 bridgehead atoms. The number of hydrogen-bond donors (Lipinski definition) is 4. The van der Waals surface area contributed by atoms with Crippen LogP contribution in [0, 0.1) is 0 Å². The zero-order valence-corrected chi connectivity index (χ0v) is 34.7. The fraction of sp³-hybridized carbons (Fsp3) is 0.955. The number of ether oxygens (including phenoxy) is 4. The summed E-state index contributed by atoms with van der Waals surface area (Å²) in [6, 6.07) is 0. The van der Waals surface area contributed by atoms with Gasteiger partial charge >= 0.3 is 11.9 Å². The predicted molar refractivity (Wildman–Crippen MR) is 215 cm³/mol. The quantitative estimate of drug-likeness (QED) is 0.0353. The van der Waals surface area contributed by atoms with Gasteiger partial charge in [0.2, 0.25) is 0 Å². The first-order valence-corrected chi connectivity index (χ1v) is 22.6. The van der Waals surface area contributed by atoms with Gasteiger partial charge in [-0.1, -0.05) is 187 Å². The van der Waals surface area contributed by atoms with E-state index in [0.717, 1.165) is 38.5 Å². The van der Waals surface area contributed by atoms with Gasteiger partial charge in [0.05, 0.1) is 13.2 Å². The molecule has 0 radical (unpaired) electrons. The lowest BCUT2D eigenvalue weighted by molar-refractivity contribution is -0.305. The van der Waals surface area contributed by atoms with E-state index in [1.165, 1.54) is 141 Å². The number of aliphatic hydroxyl groups excluding tert-OH is 4. The molecule has 0 spiro atoms. The highest BCUT2D eigenvalue weighted by Crippen LogP contribution is 2.23. The van der Waals surface area contributed by atoms with E-state index < -0.39 is 49.4 Å². The molecular weight excluding hydrogens is 688 g/mol. The third kappa shape index (κ3) is 27.3.